The zero-order valence-corrected chi connectivity index (χ0v) is 12.1. The summed E-state index contributed by atoms with van der Waals surface area (Å²) in [4.78, 5) is 0. The van der Waals surface area contributed by atoms with Crippen molar-refractivity contribution < 1.29 is 19.3 Å². The topological polar surface area (TPSA) is 47.9 Å². The largest absolute Gasteiger partial charge is 0.468 e. The molecule has 0 saturated heterocycles. The molecule has 2 rings (SSSR count). The normalized spacial score (nSPS) is 12.1. The van der Waals surface area contributed by atoms with Gasteiger partial charge in [0, 0.05) is 7.11 Å². The Labute approximate surface area is 124 Å². The number of hydrogen-bond donors (Lipinski definition) is 1. The van der Waals surface area contributed by atoms with Crippen LogP contribution in [0.3, 0.4) is 0 Å². The Kier molecular flexibility index (Phi) is 6.22. The summed E-state index contributed by atoms with van der Waals surface area (Å²) < 4.78 is 15.6. The van der Waals surface area contributed by atoms with E-state index in [0.717, 1.165) is 11.1 Å². The number of aliphatic hydroxyl groups is 1. The minimum Gasteiger partial charge on any atom is -0.468 e. The molecule has 21 heavy (non-hydrogen) atoms. The number of methoxy groups -OCH3 is 1. The minimum absolute atomic E-state index is 0.161. The van der Waals surface area contributed by atoms with Crippen LogP contribution < -0.4 is 4.74 Å². The maximum absolute atomic E-state index is 10.4. The molecule has 0 aliphatic rings. The van der Waals surface area contributed by atoms with Gasteiger partial charge < -0.3 is 19.3 Å². The molecule has 0 amide bonds. The van der Waals surface area contributed by atoms with Crippen LogP contribution in [0.2, 0.25) is 0 Å². The minimum atomic E-state index is -0.663. The fourth-order valence-corrected chi connectivity index (χ4v) is 1.91. The average Bonchev–Trinajstić information content (AvgIpc) is 2.55. The first-order chi connectivity index (χ1) is 10.3. The molecule has 0 bridgehead atoms. The van der Waals surface area contributed by atoms with E-state index in [2.05, 4.69) is 0 Å². The first-order valence-corrected chi connectivity index (χ1v) is 6.83. The van der Waals surface area contributed by atoms with Gasteiger partial charge in [-0.25, -0.2) is 0 Å². The third-order valence-electron chi connectivity index (χ3n) is 3.03. The van der Waals surface area contributed by atoms with Gasteiger partial charge in [-0.1, -0.05) is 42.5 Å². The Balaban J connectivity index is 1.94. The van der Waals surface area contributed by atoms with Crippen molar-refractivity contribution in [2.45, 2.75) is 6.10 Å². The van der Waals surface area contributed by atoms with Crippen molar-refractivity contribution in [1.82, 2.24) is 0 Å². The van der Waals surface area contributed by atoms with Gasteiger partial charge in [0.15, 0.2) is 6.79 Å². The van der Waals surface area contributed by atoms with E-state index in [0.29, 0.717) is 19.0 Å². The smallest absolute Gasteiger partial charge is 0.189 e. The van der Waals surface area contributed by atoms with Crippen molar-refractivity contribution in [3.8, 4) is 5.75 Å². The highest BCUT2D eigenvalue weighted by molar-refractivity contribution is 5.35. The van der Waals surface area contributed by atoms with Crippen LogP contribution in [0.5, 0.6) is 5.75 Å². The second kappa shape index (κ2) is 8.42. The zero-order valence-electron chi connectivity index (χ0n) is 12.1. The van der Waals surface area contributed by atoms with Gasteiger partial charge >= 0.3 is 0 Å². The standard InChI is InChI=1S/C17H20O4/c1-19-10-11-20-13-21-16-9-5-8-15(12-16)17(18)14-6-3-2-4-7-14/h2-9,12,17-18H,10-11,13H2,1H3/t17-/m0/s1. The predicted molar refractivity (Wildman–Crippen MR) is 80.3 cm³/mol. The molecule has 0 saturated carbocycles. The summed E-state index contributed by atoms with van der Waals surface area (Å²) in [6, 6.07) is 16.9. The molecule has 0 aliphatic heterocycles. The molecule has 0 heterocycles. The summed E-state index contributed by atoms with van der Waals surface area (Å²) in [5.41, 5.74) is 1.64. The van der Waals surface area contributed by atoms with Crippen LogP contribution in [-0.4, -0.2) is 32.2 Å². The molecule has 0 unspecified atom stereocenters. The quantitative estimate of drug-likeness (QED) is 0.599. The molecule has 112 valence electrons. The number of ether oxygens (including phenoxy) is 3. The van der Waals surface area contributed by atoms with E-state index in [-0.39, 0.29) is 6.79 Å². The van der Waals surface area contributed by atoms with Gasteiger partial charge in [-0.3, -0.25) is 0 Å². The van der Waals surface area contributed by atoms with Crippen LogP contribution in [0.25, 0.3) is 0 Å². The maximum Gasteiger partial charge on any atom is 0.189 e. The Morgan fingerprint density at radius 2 is 1.71 bits per heavy atom. The Morgan fingerprint density at radius 1 is 0.952 bits per heavy atom. The lowest BCUT2D eigenvalue weighted by Crippen LogP contribution is -2.08. The van der Waals surface area contributed by atoms with Gasteiger partial charge in [0.1, 0.15) is 11.9 Å². The molecular weight excluding hydrogens is 268 g/mol. The number of benzene rings is 2. The summed E-state index contributed by atoms with van der Waals surface area (Å²) in [7, 11) is 1.62. The number of hydrogen-bond acceptors (Lipinski definition) is 4. The van der Waals surface area contributed by atoms with E-state index in [1.165, 1.54) is 0 Å². The Morgan fingerprint density at radius 3 is 2.48 bits per heavy atom. The van der Waals surface area contributed by atoms with Crippen LogP contribution in [0.15, 0.2) is 54.6 Å². The summed E-state index contributed by atoms with van der Waals surface area (Å²) in [6.07, 6.45) is -0.663. The molecule has 4 heteroatoms. The lowest BCUT2D eigenvalue weighted by molar-refractivity contribution is -0.00855. The predicted octanol–water partition coefficient (Wildman–Crippen LogP) is 2.77. The van der Waals surface area contributed by atoms with E-state index in [1.807, 2.05) is 54.6 Å². The van der Waals surface area contributed by atoms with Gasteiger partial charge in [-0.2, -0.15) is 0 Å². The molecule has 1 N–H and O–H groups in total. The molecule has 0 radical (unpaired) electrons. The van der Waals surface area contributed by atoms with Crippen molar-refractivity contribution in [2.24, 2.45) is 0 Å². The molecule has 0 fully saturated rings. The van der Waals surface area contributed by atoms with Gasteiger partial charge in [0.2, 0.25) is 0 Å². The zero-order chi connectivity index (χ0) is 14.9. The van der Waals surface area contributed by atoms with Crippen molar-refractivity contribution in [2.75, 3.05) is 27.1 Å². The summed E-state index contributed by atoms with van der Waals surface area (Å²) >= 11 is 0. The van der Waals surface area contributed by atoms with Crippen LogP contribution in [0.4, 0.5) is 0 Å². The maximum atomic E-state index is 10.4. The molecule has 2 aromatic rings. The van der Waals surface area contributed by atoms with Crippen molar-refractivity contribution in [1.29, 1.82) is 0 Å². The van der Waals surface area contributed by atoms with Gasteiger partial charge in [-0.15, -0.1) is 0 Å². The van der Waals surface area contributed by atoms with Crippen molar-refractivity contribution in [3.63, 3.8) is 0 Å². The highest BCUT2D eigenvalue weighted by atomic mass is 16.7. The molecule has 4 nitrogen and oxygen atoms in total. The summed E-state index contributed by atoms with van der Waals surface area (Å²) in [5, 5.41) is 10.4. The third kappa shape index (κ3) is 4.86. The molecule has 0 aliphatic carbocycles. The lowest BCUT2D eigenvalue weighted by atomic mass is 10.0. The third-order valence-corrected chi connectivity index (χ3v) is 3.03. The summed E-state index contributed by atoms with van der Waals surface area (Å²) in [5.74, 6) is 0.667. The molecular formula is C17H20O4. The highest BCUT2D eigenvalue weighted by Crippen LogP contribution is 2.24. The van der Waals surface area contributed by atoms with Gasteiger partial charge in [0.25, 0.3) is 0 Å². The van der Waals surface area contributed by atoms with Crippen LogP contribution in [0.1, 0.15) is 17.2 Å². The van der Waals surface area contributed by atoms with Gasteiger partial charge in [-0.05, 0) is 23.3 Å². The summed E-state index contributed by atoms with van der Waals surface area (Å²) in [6.45, 7) is 1.19. The van der Waals surface area contributed by atoms with E-state index < -0.39 is 6.10 Å². The monoisotopic (exact) mass is 288 g/mol. The molecule has 1 atom stereocenters. The number of aliphatic hydroxyl groups excluding tert-OH is 1. The number of rotatable bonds is 8. The van der Waals surface area contributed by atoms with E-state index in [4.69, 9.17) is 14.2 Å². The van der Waals surface area contributed by atoms with E-state index in [1.54, 1.807) is 7.11 Å². The fourth-order valence-electron chi connectivity index (χ4n) is 1.91. The molecule has 2 aromatic carbocycles. The molecule has 0 aromatic heterocycles. The van der Waals surface area contributed by atoms with Crippen molar-refractivity contribution >= 4 is 0 Å². The first kappa shape index (κ1) is 15.5. The first-order valence-electron chi connectivity index (χ1n) is 6.83. The Bertz CT molecular complexity index is 527. The lowest BCUT2D eigenvalue weighted by Gasteiger charge is -2.13. The molecule has 0 spiro atoms. The second-order valence-electron chi connectivity index (χ2n) is 4.55. The SMILES string of the molecule is COCCOCOc1cccc([C@@H](O)c2ccccc2)c1. The van der Waals surface area contributed by atoms with Gasteiger partial charge in [0.05, 0.1) is 13.2 Å². The van der Waals surface area contributed by atoms with Crippen molar-refractivity contribution in [3.05, 3.63) is 65.7 Å². The van der Waals surface area contributed by atoms with Crippen LogP contribution in [0, 0.1) is 0 Å². The van der Waals surface area contributed by atoms with E-state index in [9.17, 15) is 5.11 Å². The van der Waals surface area contributed by atoms with Crippen LogP contribution in [-0.2, 0) is 9.47 Å². The fraction of sp³-hybridized carbons (Fsp3) is 0.294. The highest BCUT2D eigenvalue weighted by Gasteiger charge is 2.10. The average molecular weight is 288 g/mol. The van der Waals surface area contributed by atoms with E-state index >= 15 is 0 Å². The van der Waals surface area contributed by atoms with Crippen LogP contribution >= 0.6 is 0 Å². The second-order valence-corrected chi connectivity index (χ2v) is 4.55. The Hall–Kier alpha value is -1.88.